The van der Waals surface area contributed by atoms with Crippen molar-refractivity contribution < 1.29 is 4.42 Å². The van der Waals surface area contributed by atoms with Gasteiger partial charge in [0.1, 0.15) is 5.82 Å². The van der Waals surface area contributed by atoms with E-state index in [1.54, 1.807) is 0 Å². The number of fused-ring (bicyclic) bond motifs is 3. The minimum atomic E-state index is 0.647. The molecule has 0 radical (unpaired) electrons. The van der Waals surface area contributed by atoms with E-state index < -0.39 is 0 Å². The van der Waals surface area contributed by atoms with Crippen LogP contribution in [-0.2, 0) is 13.1 Å². The summed E-state index contributed by atoms with van der Waals surface area (Å²) >= 11 is 0. The Bertz CT molecular complexity index is 416. The van der Waals surface area contributed by atoms with Crippen LogP contribution < -0.4 is 5.32 Å². The van der Waals surface area contributed by atoms with E-state index in [1.807, 2.05) is 0 Å². The van der Waals surface area contributed by atoms with E-state index in [9.17, 15) is 0 Å². The Hall–Kier alpha value is -1.36. The van der Waals surface area contributed by atoms with Crippen LogP contribution in [0, 0.1) is 0 Å². The molecule has 0 fully saturated rings. The lowest BCUT2D eigenvalue weighted by molar-refractivity contribution is 0.508. The maximum Gasteiger partial charge on any atom is 0.266 e. The minimum absolute atomic E-state index is 0.647. The predicted octanol–water partition coefficient (Wildman–Crippen LogP) is 0.127. The highest BCUT2D eigenvalue weighted by molar-refractivity contribution is 5.64. The summed E-state index contributed by atoms with van der Waals surface area (Å²) < 4.78 is 7.19. The highest BCUT2D eigenvalue weighted by atomic mass is 16.3. The molecule has 0 saturated carbocycles. The zero-order valence-electron chi connectivity index (χ0n) is 6.45. The Kier molecular flexibility index (Phi) is 1.07. The molecule has 12 heavy (non-hydrogen) atoms. The molecule has 1 aliphatic heterocycles. The average Bonchev–Trinajstić information content (AvgIpc) is 2.62. The second-order valence-electron chi connectivity index (χ2n) is 2.84. The quantitative estimate of drug-likeness (QED) is 0.601. The Balaban J connectivity index is 2.34. The molecule has 2 aromatic rings. The monoisotopic (exact) mass is 164 g/mol. The molecule has 1 aliphatic rings. The van der Waals surface area contributed by atoms with Crippen LogP contribution in [-0.4, -0.2) is 21.1 Å². The summed E-state index contributed by atoms with van der Waals surface area (Å²) in [6, 6.07) is 0. The van der Waals surface area contributed by atoms with Gasteiger partial charge in [0.25, 0.3) is 5.71 Å². The van der Waals surface area contributed by atoms with Gasteiger partial charge in [0, 0.05) is 13.1 Å². The molecular formula is C7H8N4O. The normalized spacial score (nSPS) is 16.7. The zero-order chi connectivity index (χ0) is 7.97. The summed E-state index contributed by atoms with van der Waals surface area (Å²) in [6.45, 7) is 2.72. The summed E-state index contributed by atoms with van der Waals surface area (Å²) in [7, 11) is 0. The SMILES string of the molecule is c1nc2c(nc3n2CCNC3)o1. The molecule has 0 unspecified atom stereocenters. The van der Waals surface area contributed by atoms with Crippen LogP contribution in [0.1, 0.15) is 5.82 Å². The number of oxazole rings is 1. The van der Waals surface area contributed by atoms with Crippen LogP contribution >= 0.6 is 0 Å². The van der Waals surface area contributed by atoms with Crippen molar-refractivity contribution in [2.45, 2.75) is 13.1 Å². The first-order valence-corrected chi connectivity index (χ1v) is 3.94. The van der Waals surface area contributed by atoms with Crippen LogP contribution in [0.25, 0.3) is 11.4 Å². The highest BCUT2D eigenvalue weighted by Crippen LogP contribution is 2.15. The van der Waals surface area contributed by atoms with Crippen molar-refractivity contribution in [2.75, 3.05) is 6.54 Å². The summed E-state index contributed by atoms with van der Waals surface area (Å²) in [6.07, 6.45) is 1.44. The van der Waals surface area contributed by atoms with E-state index in [4.69, 9.17) is 4.42 Å². The number of imidazole rings is 1. The Labute approximate surface area is 68.4 Å². The van der Waals surface area contributed by atoms with Gasteiger partial charge in [-0.1, -0.05) is 0 Å². The van der Waals surface area contributed by atoms with E-state index >= 15 is 0 Å². The van der Waals surface area contributed by atoms with Crippen LogP contribution in [0.2, 0.25) is 0 Å². The molecule has 0 bridgehead atoms. The molecule has 0 aromatic carbocycles. The number of hydrogen-bond acceptors (Lipinski definition) is 4. The number of nitrogens with zero attached hydrogens (tertiary/aromatic N) is 3. The Morgan fingerprint density at radius 2 is 2.58 bits per heavy atom. The predicted molar refractivity (Wildman–Crippen MR) is 41.5 cm³/mol. The fourth-order valence-electron chi connectivity index (χ4n) is 1.56. The van der Waals surface area contributed by atoms with Gasteiger partial charge in [-0.25, -0.2) is 0 Å². The number of rotatable bonds is 0. The lowest BCUT2D eigenvalue weighted by Gasteiger charge is -2.13. The highest BCUT2D eigenvalue weighted by Gasteiger charge is 2.16. The Morgan fingerprint density at radius 1 is 1.58 bits per heavy atom. The minimum Gasteiger partial charge on any atom is -0.424 e. The van der Waals surface area contributed by atoms with Gasteiger partial charge >= 0.3 is 0 Å². The summed E-state index contributed by atoms with van der Waals surface area (Å²) in [5, 5.41) is 3.24. The van der Waals surface area contributed by atoms with Crippen molar-refractivity contribution in [3.63, 3.8) is 0 Å². The average molecular weight is 164 g/mol. The lowest BCUT2D eigenvalue weighted by atomic mass is 10.4. The van der Waals surface area contributed by atoms with Gasteiger partial charge in [-0.05, 0) is 0 Å². The van der Waals surface area contributed by atoms with E-state index in [0.29, 0.717) is 5.71 Å². The van der Waals surface area contributed by atoms with Crippen LogP contribution in [0.4, 0.5) is 0 Å². The van der Waals surface area contributed by atoms with E-state index in [1.165, 1.54) is 6.39 Å². The van der Waals surface area contributed by atoms with Gasteiger partial charge in [0.05, 0.1) is 6.54 Å². The lowest BCUT2D eigenvalue weighted by Crippen LogP contribution is -2.28. The topological polar surface area (TPSA) is 55.9 Å². The zero-order valence-corrected chi connectivity index (χ0v) is 6.45. The van der Waals surface area contributed by atoms with Crippen molar-refractivity contribution in [3.8, 4) is 0 Å². The molecule has 3 rings (SSSR count). The second-order valence-corrected chi connectivity index (χ2v) is 2.84. The maximum atomic E-state index is 5.10. The van der Waals surface area contributed by atoms with Crippen molar-refractivity contribution >= 4 is 11.4 Å². The van der Waals surface area contributed by atoms with E-state index in [0.717, 1.165) is 31.1 Å². The van der Waals surface area contributed by atoms with E-state index in [2.05, 4.69) is 19.9 Å². The first-order valence-electron chi connectivity index (χ1n) is 3.94. The molecule has 0 spiro atoms. The number of nitrogens with one attached hydrogen (secondary N) is 1. The smallest absolute Gasteiger partial charge is 0.266 e. The fourth-order valence-corrected chi connectivity index (χ4v) is 1.56. The van der Waals surface area contributed by atoms with E-state index in [-0.39, 0.29) is 0 Å². The molecule has 0 amide bonds. The van der Waals surface area contributed by atoms with Gasteiger partial charge in [-0.3, -0.25) is 0 Å². The third-order valence-electron chi connectivity index (χ3n) is 2.12. The van der Waals surface area contributed by atoms with Gasteiger partial charge in [-0.15, -0.1) is 0 Å². The largest absolute Gasteiger partial charge is 0.424 e. The molecule has 2 aromatic heterocycles. The molecule has 5 heteroatoms. The van der Waals surface area contributed by atoms with Crippen LogP contribution in [0.3, 0.4) is 0 Å². The molecule has 62 valence electrons. The van der Waals surface area contributed by atoms with Crippen LogP contribution in [0.15, 0.2) is 10.8 Å². The summed E-state index contributed by atoms with van der Waals surface area (Å²) in [5.41, 5.74) is 1.51. The van der Waals surface area contributed by atoms with Crippen LogP contribution in [0.5, 0.6) is 0 Å². The third kappa shape index (κ3) is 0.660. The fraction of sp³-hybridized carbons (Fsp3) is 0.429. The molecule has 1 N–H and O–H groups in total. The summed E-state index contributed by atoms with van der Waals surface area (Å²) in [5.74, 6) is 1.02. The standard InChI is InChI=1S/C7H8N4O/c1-2-11-5(3-8-1)10-7-6(11)9-4-12-7/h4,8H,1-3H2. The summed E-state index contributed by atoms with van der Waals surface area (Å²) in [4.78, 5) is 8.38. The van der Waals surface area contributed by atoms with Gasteiger partial charge in [0.15, 0.2) is 6.39 Å². The molecule has 0 aliphatic carbocycles. The molecule has 3 heterocycles. The van der Waals surface area contributed by atoms with Gasteiger partial charge in [-0.2, -0.15) is 9.97 Å². The molecular weight excluding hydrogens is 156 g/mol. The Morgan fingerprint density at radius 3 is 3.58 bits per heavy atom. The third-order valence-corrected chi connectivity index (χ3v) is 2.12. The van der Waals surface area contributed by atoms with Crippen molar-refractivity contribution in [1.82, 2.24) is 19.9 Å². The van der Waals surface area contributed by atoms with Gasteiger partial charge < -0.3 is 14.3 Å². The number of hydrogen-bond donors (Lipinski definition) is 1. The molecule has 0 saturated heterocycles. The maximum absolute atomic E-state index is 5.10. The van der Waals surface area contributed by atoms with Gasteiger partial charge in [0.2, 0.25) is 5.65 Å². The molecule has 0 atom stereocenters. The van der Waals surface area contributed by atoms with Crippen molar-refractivity contribution in [3.05, 3.63) is 12.2 Å². The van der Waals surface area contributed by atoms with Crippen molar-refractivity contribution in [1.29, 1.82) is 0 Å². The van der Waals surface area contributed by atoms with Crippen molar-refractivity contribution in [2.24, 2.45) is 0 Å². The first-order chi connectivity index (χ1) is 5.95. The molecule has 5 nitrogen and oxygen atoms in total. The number of aromatic nitrogens is 3. The first kappa shape index (κ1) is 6.19. The second kappa shape index (κ2) is 2.07.